The first-order valence-corrected chi connectivity index (χ1v) is 10.4. The molecule has 0 spiro atoms. The number of carbonyl (C=O) groups excluding carboxylic acids is 2. The molecule has 0 aliphatic carbocycles. The molecule has 6 heteroatoms. The van der Waals surface area contributed by atoms with Crippen molar-refractivity contribution >= 4 is 29.3 Å². The van der Waals surface area contributed by atoms with E-state index in [2.05, 4.69) is 46.9 Å². The Labute approximate surface area is 182 Å². The van der Waals surface area contributed by atoms with Gasteiger partial charge in [-0.3, -0.25) is 14.3 Å². The number of benzene rings is 2. The summed E-state index contributed by atoms with van der Waals surface area (Å²) in [5.41, 5.74) is 7.85. The van der Waals surface area contributed by atoms with Crippen LogP contribution >= 0.6 is 0 Å². The average Bonchev–Trinajstić information content (AvgIpc) is 3.01. The molecule has 2 aromatic carbocycles. The van der Waals surface area contributed by atoms with E-state index in [4.69, 9.17) is 0 Å². The summed E-state index contributed by atoms with van der Waals surface area (Å²) < 4.78 is 1.97. The summed E-state index contributed by atoms with van der Waals surface area (Å²) in [7, 11) is 0. The molecule has 0 fully saturated rings. The first-order valence-electron chi connectivity index (χ1n) is 10.4. The monoisotopic (exact) mass is 414 g/mol. The number of rotatable bonds is 5. The molecule has 158 valence electrons. The van der Waals surface area contributed by atoms with E-state index in [1.807, 2.05) is 36.7 Å². The summed E-state index contributed by atoms with van der Waals surface area (Å²) in [6.45, 7) is 6.74. The van der Waals surface area contributed by atoms with Crippen LogP contribution in [0.25, 0.3) is 6.08 Å². The lowest BCUT2D eigenvalue weighted by molar-refractivity contribution is -0.116. The number of fused-ring (bicyclic) bond motifs is 1. The maximum atomic E-state index is 12.5. The van der Waals surface area contributed by atoms with Crippen molar-refractivity contribution in [2.75, 3.05) is 10.6 Å². The van der Waals surface area contributed by atoms with Crippen LogP contribution in [0.1, 0.15) is 40.1 Å². The molecule has 2 heterocycles. The number of amides is 2. The molecule has 0 saturated heterocycles. The van der Waals surface area contributed by atoms with E-state index >= 15 is 0 Å². The van der Waals surface area contributed by atoms with Gasteiger partial charge in [0, 0.05) is 35.1 Å². The van der Waals surface area contributed by atoms with E-state index in [0.29, 0.717) is 25.1 Å². The van der Waals surface area contributed by atoms with Crippen molar-refractivity contribution in [3.05, 3.63) is 82.2 Å². The first-order chi connectivity index (χ1) is 14.9. The summed E-state index contributed by atoms with van der Waals surface area (Å²) in [5.74, 6) is -0.175. The van der Waals surface area contributed by atoms with E-state index in [1.165, 1.54) is 17.2 Å². The minimum absolute atomic E-state index is 0.0286. The minimum atomic E-state index is -0.204. The van der Waals surface area contributed by atoms with Gasteiger partial charge in [0.1, 0.15) is 0 Å². The lowest BCUT2D eigenvalue weighted by Gasteiger charge is -2.17. The van der Waals surface area contributed by atoms with Crippen molar-refractivity contribution in [3.8, 4) is 0 Å². The number of carbonyl (C=O) groups is 2. The van der Waals surface area contributed by atoms with Gasteiger partial charge in [-0.1, -0.05) is 29.8 Å². The van der Waals surface area contributed by atoms with E-state index in [0.717, 1.165) is 28.2 Å². The van der Waals surface area contributed by atoms with Gasteiger partial charge in [0.05, 0.1) is 12.2 Å². The summed E-state index contributed by atoms with van der Waals surface area (Å²) in [6.07, 6.45) is 4.50. The fraction of sp³-hybridized carbons (Fsp3) is 0.240. The molecular weight excluding hydrogens is 388 g/mol. The normalized spacial score (nSPS) is 13.2. The Morgan fingerprint density at radius 1 is 1.13 bits per heavy atom. The topological polar surface area (TPSA) is 76.0 Å². The zero-order chi connectivity index (χ0) is 22.0. The molecule has 1 aliphatic heterocycles. The van der Waals surface area contributed by atoms with Gasteiger partial charge in [0.2, 0.25) is 11.8 Å². The second kappa shape index (κ2) is 8.60. The molecule has 2 amide bonds. The lowest BCUT2D eigenvalue weighted by Crippen LogP contribution is -2.19. The van der Waals surface area contributed by atoms with Crippen molar-refractivity contribution in [2.45, 2.75) is 40.2 Å². The summed E-state index contributed by atoms with van der Waals surface area (Å²) in [6, 6.07) is 14.0. The fourth-order valence-corrected chi connectivity index (χ4v) is 3.78. The number of anilines is 2. The number of hydrogen-bond acceptors (Lipinski definition) is 3. The van der Waals surface area contributed by atoms with Gasteiger partial charge >= 0.3 is 0 Å². The maximum absolute atomic E-state index is 12.5. The van der Waals surface area contributed by atoms with Crippen LogP contribution in [0.5, 0.6) is 0 Å². The Morgan fingerprint density at radius 2 is 1.90 bits per heavy atom. The molecule has 0 atom stereocenters. The lowest BCUT2D eigenvalue weighted by atomic mass is 10.0. The number of hydrogen-bond donors (Lipinski definition) is 2. The zero-order valence-corrected chi connectivity index (χ0v) is 18.0. The Balaban J connectivity index is 1.44. The number of aryl methyl sites for hydroxylation is 3. The highest BCUT2D eigenvalue weighted by Gasteiger charge is 2.15. The zero-order valence-electron chi connectivity index (χ0n) is 18.0. The van der Waals surface area contributed by atoms with Gasteiger partial charge in [0.25, 0.3) is 0 Å². The maximum Gasteiger partial charge on any atom is 0.248 e. The van der Waals surface area contributed by atoms with Crippen LogP contribution in [-0.4, -0.2) is 21.6 Å². The van der Waals surface area contributed by atoms with Crippen molar-refractivity contribution in [3.63, 3.8) is 0 Å². The molecule has 0 unspecified atom stereocenters. The van der Waals surface area contributed by atoms with Crippen LogP contribution in [0.4, 0.5) is 11.4 Å². The SMILES string of the molecule is Cc1ccc(Cn2nc(C)c(/C=C/C(=O)Nc3ccc4c(c3)CCC(=O)N4)c2C)cc1. The Bertz CT molecular complexity index is 1170. The molecule has 1 aromatic heterocycles. The minimum Gasteiger partial charge on any atom is -0.326 e. The molecule has 2 N–H and O–H groups in total. The van der Waals surface area contributed by atoms with Crippen LogP contribution in [0.3, 0.4) is 0 Å². The predicted molar refractivity (Wildman–Crippen MR) is 123 cm³/mol. The molecule has 1 aliphatic rings. The summed E-state index contributed by atoms with van der Waals surface area (Å²) in [4.78, 5) is 23.9. The number of nitrogens with zero attached hydrogens (tertiary/aromatic N) is 2. The third-order valence-corrected chi connectivity index (χ3v) is 5.56. The third kappa shape index (κ3) is 4.74. The van der Waals surface area contributed by atoms with Gasteiger partial charge in [-0.25, -0.2) is 0 Å². The smallest absolute Gasteiger partial charge is 0.248 e. The Morgan fingerprint density at radius 3 is 2.68 bits per heavy atom. The molecular formula is C25H26N4O2. The van der Waals surface area contributed by atoms with Gasteiger partial charge in [-0.05, 0) is 62.6 Å². The summed E-state index contributed by atoms with van der Waals surface area (Å²) in [5, 5.41) is 10.4. The fourth-order valence-electron chi connectivity index (χ4n) is 3.78. The van der Waals surface area contributed by atoms with Crippen molar-refractivity contribution in [1.82, 2.24) is 9.78 Å². The van der Waals surface area contributed by atoms with E-state index in [1.54, 1.807) is 6.07 Å². The van der Waals surface area contributed by atoms with Crippen LogP contribution in [0.15, 0.2) is 48.5 Å². The van der Waals surface area contributed by atoms with Gasteiger partial charge in [0.15, 0.2) is 0 Å². The van der Waals surface area contributed by atoms with E-state index in [9.17, 15) is 9.59 Å². The average molecular weight is 415 g/mol. The molecule has 3 aromatic rings. The van der Waals surface area contributed by atoms with Crippen LogP contribution in [0.2, 0.25) is 0 Å². The van der Waals surface area contributed by atoms with Crippen LogP contribution in [0, 0.1) is 20.8 Å². The second-order valence-corrected chi connectivity index (χ2v) is 7.97. The Hall–Kier alpha value is -3.67. The van der Waals surface area contributed by atoms with E-state index in [-0.39, 0.29) is 11.8 Å². The van der Waals surface area contributed by atoms with Gasteiger partial charge < -0.3 is 10.6 Å². The largest absolute Gasteiger partial charge is 0.326 e. The molecule has 0 saturated carbocycles. The van der Waals surface area contributed by atoms with Crippen LogP contribution < -0.4 is 10.6 Å². The van der Waals surface area contributed by atoms with Crippen molar-refractivity contribution < 1.29 is 9.59 Å². The predicted octanol–water partition coefficient (Wildman–Crippen LogP) is 4.39. The molecule has 6 nitrogen and oxygen atoms in total. The summed E-state index contributed by atoms with van der Waals surface area (Å²) >= 11 is 0. The van der Waals surface area contributed by atoms with Crippen LogP contribution in [-0.2, 0) is 22.6 Å². The number of nitrogens with one attached hydrogen (secondary N) is 2. The molecule has 31 heavy (non-hydrogen) atoms. The van der Waals surface area contributed by atoms with Gasteiger partial charge in [-0.15, -0.1) is 0 Å². The quantitative estimate of drug-likeness (QED) is 0.608. The van der Waals surface area contributed by atoms with E-state index < -0.39 is 0 Å². The highest BCUT2D eigenvalue weighted by atomic mass is 16.2. The molecule has 0 radical (unpaired) electrons. The Kier molecular flexibility index (Phi) is 5.71. The third-order valence-electron chi connectivity index (χ3n) is 5.56. The standard InChI is InChI=1S/C25H26N4O2/c1-16-4-6-19(7-5-16)15-29-18(3)22(17(2)28-29)10-13-24(30)26-21-9-11-23-20(14-21)8-12-25(31)27-23/h4-7,9-11,13-14H,8,12,15H2,1-3H3,(H,26,30)(H,27,31)/b13-10+. The second-order valence-electron chi connectivity index (χ2n) is 7.97. The van der Waals surface area contributed by atoms with Crippen molar-refractivity contribution in [2.24, 2.45) is 0 Å². The highest BCUT2D eigenvalue weighted by molar-refractivity contribution is 6.02. The molecule has 0 bridgehead atoms. The highest BCUT2D eigenvalue weighted by Crippen LogP contribution is 2.25. The van der Waals surface area contributed by atoms with Crippen molar-refractivity contribution in [1.29, 1.82) is 0 Å². The molecule has 4 rings (SSSR count). The number of aromatic nitrogens is 2. The first kappa shape index (κ1) is 20.6. The van der Waals surface area contributed by atoms with Gasteiger partial charge in [-0.2, -0.15) is 5.10 Å².